The number of aromatic nitrogens is 2. The first kappa shape index (κ1) is 19.0. The number of sulfonamides is 1. The predicted molar refractivity (Wildman–Crippen MR) is 88.9 cm³/mol. The van der Waals surface area contributed by atoms with Crippen molar-refractivity contribution < 1.29 is 22.7 Å². The number of ether oxygens (including phenoxy) is 1. The van der Waals surface area contributed by atoms with Crippen LogP contribution in [0.2, 0.25) is 0 Å². The van der Waals surface area contributed by atoms with E-state index < -0.39 is 33.2 Å². The third-order valence-corrected chi connectivity index (χ3v) is 4.83. The van der Waals surface area contributed by atoms with Gasteiger partial charge in [-0.05, 0) is 27.2 Å². The first-order valence-corrected chi connectivity index (χ1v) is 9.07. The fraction of sp³-hybridized carbons (Fsp3) is 0.533. The highest BCUT2D eigenvalue weighted by atomic mass is 32.2. The molecule has 138 valence electrons. The maximum absolute atomic E-state index is 12.6. The van der Waals surface area contributed by atoms with E-state index in [9.17, 15) is 18.0 Å². The SMILES string of the molecule is C=C[C@@H]1C[C@]1(NC(=O)OC(C)(C)C)C(=O)NS(=O)(=O)c1cn(C)cn1. The highest BCUT2D eigenvalue weighted by Crippen LogP contribution is 2.45. The molecule has 10 heteroatoms. The highest BCUT2D eigenvalue weighted by Gasteiger charge is 2.61. The molecule has 0 unspecified atom stereocenters. The van der Waals surface area contributed by atoms with Gasteiger partial charge in [0.1, 0.15) is 11.1 Å². The van der Waals surface area contributed by atoms with Gasteiger partial charge in [0, 0.05) is 19.2 Å². The molecule has 1 aromatic heterocycles. The van der Waals surface area contributed by atoms with Crippen molar-refractivity contribution in [2.45, 2.75) is 43.4 Å². The summed E-state index contributed by atoms with van der Waals surface area (Å²) in [6.45, 7) is 8.65. The number of aryl methyl sites for hydroxylation is 1. The number of hydrogen-bond donors (Lipinski definition) is 2. The van der Waals surface area contributed by atoms with Crippen LogP contribution >= 0.6 is 0 Å². The molecule has 2 amide bonds. The van der Waals surface area contributed by atoms with E-state index >= 15 is 0 Å². The Morgan fingerprint density at radius 2 is 2.12 bits per heavy atom. The van der Waals surface area contributed by atoms with Crippen molar-refractivity contribution in [3.8, 4) is 0 Å². The largest absolute Gasteiger partial charge is 0.444 e. The zero-order valence-electron chi connectivity index (χ0n) is 14.6. The Morgan fingerprint density at radius 1 is 1.48 bits per heavy atom. The lowest BCUT2D eigenvalue weighted by atomic mass is 10.2. The van der Waals surface area contributed by atoms with Gasteiger partial charge in [-0.2, -0.15) is 8.42 Å². The van der Waals surface area contributed by atoms with Crippen LogP contribution in [0.5, 0.6) is 0 Å². The monoisotopic (exact) mass is 370 g/mol. The van der Waals surface area contributed by atoms with Gasteiger partial charge in [0.2, 0.25) is 0 Å². The average molecular weight is 370 g/mol. The quantitative estimate of drug-likeness (QED) is 0.736. The van der Waals surface area contributed by atoms with E-state index in [1.54, 1.807) is 27.8 Å². The minimum atomic E-state index is -4.14. The fourth-order valence-corrected chi connectivity index (χ4v) is 3.33. The Labute approximate surface area is 146 Å². The summed E-state index contributed by atoms with van der Waals surface area (Å²) >= 11 is 0. The minimum Gasteiger partial charge on any atom is -0.444 e. The van der Waals surface area contributed by atoms with Crippen LogP contribution in [-0.2, 0) is 26.6 Å². The number of nitrogens with zero attached hydrogens (tertiary/aromatic N) is 2. The van der Waals surface area contributed by atoms with Gasteiger partial charge in [-0.15, -0.1) is 6.58 Å². The fourth-order valence-electron chi connectivity index (χ4n) is 2.31. The molecule has 1 aliphatic rings. The van der Waals surface area contributed by atoms with E-state index in [2.05, 4.69) is 16.9 Å². The normalized spacial score (nSPS) is 22.8. The van der Waals surface area contributed by atoms with Crippen LogP contribution in [0.15, 0.2) is 30.2 Å². The molecule has 2 rings (SSSR count). The van der Waals surface area contributed by atoms with Crippen molar-refractivity contribution in [3.63, 3.8) is 0 Å². The van der Waals surface area contributed by atoms with Crippen LogP contribution in [0.4, 0.5) is 4.79 Å². The number of carbonyl (C=O) groups excluding carboxylic acids is 2. The zero-order chi connectivity index (χ0) is 19.0. The number of amides is 2. The van der Waals surface area contributed by atoms with Crippen LogP contribution in [0.25, 0.3) is 0 Å². The Bertz CT molecular complexity index is 808. The van der Waals surface area contributed by atoms with Crippen LogP contribution in [-0.4, -0.2) is 41.1 Å². The smallest absolute Gasteiger partial charge is 0.408 e. The van der Waals surface area contributed by atoms with Crippen LogP contribution < -0.4 is 10.0 Å². The molecule has 0 aliphatic heterocycles. The minimum absolute atomic E-state index is 0.235. The lowest BCUT2D eigenvalue weighted by Crippen LogP contribution is -2.52. The van der Waals surface area contributed by atoms with Crippen LogP contribution in [0.3, 0.4) is 0 Å². The van der Waals surface area contributed by atoms with E-state index in [-0.39, 0.29) is 17.4 Å². The van der Waals surface area contributed by atoms with Gasteiger partial charge in [0.05, 0.1) is 6.33 Å². The highest BCUT2D eigenvalue weighted by molar-refractivity contribution is 7.90. The second-order valence-electron chi connectivity index (χ2n) is 6.96. The summed E-state index contributed by atoms with van der Waals surface area (Å²) in [6, 6.07) is 0. The number of carbonyl (C=O) groups is 2. The van der Waals surface area contributed by atoms with Crippen molar-refractivity contribution >= 4 is 22.0 Å². The number of imidazole rings is 1. The maximum Gasteiger partial charge on any atom is 0.408 e. The summed E-state index contributed by atoms with van der Waals surface area (Å²) in [4.78, 5) is 28.3. The molecule has 1 aromatic rings. The van der Waals surface area contributed by atoms with Gasteiger partial charge in [0.25, 0.3) is 15.9 Å². The first-order valence-electron chi connectivity index (χ1n) is 7.58. The first-order chi connectivity index (χ1) is 11.4. The molecule has 1 heterocycles. The Hall–Kier alpha value is -2.36. The summed E-state index contributed by atoms with van der Waals surface area (Å²) in [7, 11) is -2.54. The second kappa shape index (κ2) is 6.17. The molecule has 2 N–H and O–H groups in total. The molecule has 9 nitrogen and oxygen atoms in total. The molecular weight excluding hydrogens is 348 g/mol. The van der Waals surface area contributed by atoms with Gasteiger partial charge in [-0.1, -0.05) is 6.08 Å². The van der Waals surface area contributed by atoms with Crippen molar-refractivity contribution in [1.29, 1.82) is 0 Å². The third kappa shape index (κ3) is 4.19. The summed E-state index contributed by atoms with van der Waals surface area (Å²) in [6.07, 6.45) is 3.49. The van der Waals surface area contributed by atoms with E-state index in [4.69, 9.17) is 4.74 Å². The summed E-state index contributed by atoms with van der Waals surface area (Å²) in [5.41, 5.74) is -2.15. The molecule has 0 aromatic carbocycles. The molecule has 2 atom stereocenters. The topological polar surface area (TPSA) is 119 Å². The molecule has 1 aliphatic carbocycles. The lowest BCUT2D eigenvalue weighted by Gasteiger charge is -2.23. The van der Waals surface area contributed by atoms with Gasteiger partial charge >= 0.3 is 6.09 Å². The van der Waals surface area contributed by atoms with Crippen molar-refractivity contribution in [3.05, 3.63) is 25.2 Å². The van der Waals surface area contributed by atoms with Crippen molar-refractivity contribution in [2.24, 2.45) is 13.0 Å². The van der Waals surface area contributed by atoms with E-state index in [0.29, 0.717) is 0 Å². The van der Waals surface area contributed by atoms with E-state index in [1.165, 1.54) is 23.2 Å². The summed E-state index contributed by atoms with van der Waals surface area (Å²) in [5, 5.41) is 2.18. The number of alkyl carbamates (subject to hydrolysis) is 1. The molecule has 0 bridgehead atoms. The second-order valence-corrected chi connectivity index (χ2v) is 8.59. The average Bonchev–Trinajstić information content (AvgIpc) is 2.97. The standard InChI is InChI=1S/C15H22N4O5S/c1-6-10-7-15(10,17-13(21)24-14(2,3)4)12(20)18-25(22,23)11-8-19(5)9-16-11/h6,8-10H,1,7H2,2-5H3,(H,17,21)(H,18,20)/t10-,15-/m1/s1. The number of hydrogen-bond acceptors (Lipinski definition) is 6. The van der Waals surface area contributed by atoms with E-state index in [1.807, 2.05) is 4.72 Å². The molecule has 1 saturated carbocycles. The van der Waals surface area contributed by atoms with Gasteiger partial charge in [-0.25, -0.2) is 14.5 Å². The Balaban J connectivity index is 2.16. The van der Waals surface area contributed by atoms with Gasteiger partial charge in [0.15, 0.2) is 5.03 Å². The predicted octanol–water partition coefficient (Wildman–Crippen LogP) is 0.694. The number of rotatable bonds is 5. The molecule has 1 fully saturated rings. The van der Waals surface area contributed by atoms with Crippen LogP contribution in [0, 0.1) is 5.92 Å². The van der Waals surface area contributed by atoms with Crippen molar-refractivity contribution in [2.75, 3.05) is 0 Å². The third-order valence-electron chi connectivity index (χ3n) is 3.61. The molecule has 0 spiro atoms. The Morgan fingerprint density at radius 3 is 2.56 bits per heavy atom. The van der Waals surface area contributed by atoms with Crippen molar-refractivity contribution in [1.82, 2.24) is 19.6 Å². The Kier molecular flexibility index (Phi) is 4.69. The molecular formula is C15H22N4O5S. The summed E-state index contributed by atoms with van der Waals surface area (Å²) < 4.78 is 33.1. The van der Waals surface area contributed by atoms with Crippen LogP contribution in [0.1, 0.15) is 27.2 Å². The zero-order valence-corrected chi connectivity index (χ0v) is 15.4. The summed E-state index contributed by atoms with van der Waals surface area (Å²) in [5.74, 6) is -1.24. The lowest BCUT2D eigenvalue weighted by molar-refractivity contribution is -0.122. The maximum atomic E-state index is 12.6. The number of nitrogens with one attached hydrogen (secondary N) is 2. The molecule has 0 saturated heterocycles. The van der Waals surface area contributed by atoms with E-state index in [0.717, 1.165) is 0 Å². The van der Waals surface area contributed by atoms with Gasteiger partial charge < -0.3 is 14.6 Å². The molecule has 0 radical (unpaired) electrons. The molecule has 25 heavy (non-hydrogen) atoms. The van der Waals surface area contributed by atoms with Gasteiger partial charge in [-0.3, -0.25) is 4.79 Å².